The summed E-state index contributed by atoms with van der Waals surface area (Å²) in [5.41, 5.74) is 2.11. The van der Waals surface area contributed by atoms with E-state index in [0.717, 1.165) is 42.7 Å². The first kappa shape index (κ1) is 28.4. The van der Waals surface area contributed by atoms with Crippen LogP contribution in [0.5, 0.6) is 5.75 Å². The van der Waals surface area contributed by atoms with Gasteiger partial charge in [0.05, 0.1) is 0 Å². The predicted molar refractivity (Wildman–Crippen MR) is 138 cm³/mol. The van der Waals surface area contributed by atoms with Crippen molar-refractivity contribution >= 4 is 10.8 Å². The molecule has 0 fully saturated rings. The first-order valence-electron chi connectivity index (χ1n) is 12.9. The van der Waals surface area contributed by atoms with E-state index in [1.54, 1.807) is 30.5 Å². The minimum Gasteiger partial charge on any atom is -0.399 e. The number of benzene rings is 3. The van der Waals surface area contributed by atoms with Crippen LogP contribution in [0.25, 0.3) is 22.2 Å². The fourth-order valence-electron chi connectivity index (χ4n) is 4.50. The van der Waals surface area contributed by atoms with Gasteiger partial charge in [0.2, 0.25) is 5.75 Å². The number of hydrogen-bond donors (Lipinski definition) is 0. The molecule has 0 atom stereocenters. The number of alkyl halides is 3. The summed E-state index contributed by atoms with van der Waals surface area (Å²) in [5.74, 6) is -4.37. The van der Waals surface area contributed by atoms with Crippen LogP contribution < -0.4 is 4.74 Å². The molecule has 206 valence electrons. The third-order valence-electron chi connectivity index (χ3n) is 6.50. The Morgan fingerprint density at radius 1 is 0.795 bits per heavy atom. The van der Waals surface area contributed by atoms with Gasteiger partial charge < -0.3 is 4.74 Å². The molecule has 3 aromatic carbocycles. The van der Waals surface area contributed by atoms with Crippen LogP contribution in [0.3, 0.4) is 0 Å². The average Bonchev–Trinajstić information content (AvgIpc) is 2.90. The summed E-state index contributed by atoms with van der Waals surface area (Å²) in [7, 11) is 0. The van der Waals surface area contributed by atoms with Crippen LogP contribution in [-0.4, -0.2) is 16.3 Å². The molecule has 0 aliphatic rings. The van der Waals surface area contributed by atoms with Crippen molar-refractivity contribution < 1.29 is 31.1 Å². The van der Waals surface area contributed by atoms with E-state index in [4.69, 9.17) is 0 Å². The predicted octanol–water partition coefficient (Wildman–Crippen LogP) is 8.91. The molecule has 0 spiro atoms. The molecule has 0 amide bonds. The Morgan fingerprint density at radius 2 is 1.54 bits per heavy atom. The number of rotatable bonds is 11. The molecule has 1 heterocycles. The highest BCUT2D eigenvalue weighted by Crippen LogP contribution is 2.31. The molecule has 0 aliphatic heterocycles. The number of halogens is 6. The van der Waals surface area contributed by atoms with Crippen molar-refractivity contribution in [3.63, 3.8) is 0 Å². The normalized spacial score (nSPS) is 11.8. The first-order valence-corrected chi connectivity index (χ1v) is 12.9. The van der Waals surface area contributed by atoms with Crippen molar-refractivity contribution in [2.45, 2.75) is 64.7 Å². The zero-order chi connectivity index (χ0) is 28.0. The van der Waals surface area contributed by atoms with Gasteiger partial charge >= 0.3 is 6.36 Å². The molecule has 3 nitrogen and oxygen atoms in total. The van der Waals surface area contributed by atoms with Gasteiger partial charge in [0.25, 0.3) is 0 Å². The summed E-state index contributed by atoms with van der Waals surface area (Å²) in [4.78, 5) is 9.05. The summed E-state index contributed by atoms with van der Waals surface area (Å²) >= 11 is 0. The first-order chi connectivity index (χ1) is 18.6. The minimum atomic E-state index is -5.22. The van der Waals surface area contributed by atoms with Crippen molar-refractivity contribution in [3.05, 3.63) is 89.0 Å². The molecule has 0 unspecified atom stereocenters. The van der Waals surface area contributed by atoms with Gasteiger partial charge in [-0.15, -0.1) is 13.2 Å². The Hall–Kier alpha value is -3.62. The Labute approximate surface area is 222 Å². The molecule has 4 aromatic rings. The average molecular weight is 547 g/mol. The van der Waals surface area contributed by atoms with E-state index in [0.29, 0.717) is 22.2 Å². The zero-order valence-electron chi connectivity index (χ0n) is 21.4. The molecule has 4 rings (SSSR count). The van der Waals surface area contributed by atoms with Crippen LogP contribution in [0.15, 0.2) is 54.7 Å². The SMILES string of the molecule is CCCCCCCc1ccnc(-c2ccc3c(F)c(CCc4cc(F)c(OC(F)(F)F)c(F)c4)ccc3c2)n1. The lowest BCUT2D eigenvalue weighted by Gasteiger charge is -2.12. The lowest BCUT2D eigenvalue weighted by atomic mass is 9.98. The van der Waals surface area contributed by atoms with E-state index < -0.39 is 29.6 Å². The van der Waals surface area contributed by atoms with Crippen molar-refractivity contribution in [2.75, 3.05) is 0 Å². The quantitative estimate of drug-likeness (QED) is 0.139. The second-order valence-corrected chi connectivity index (χ2v) is 9.45. The number of aromatic nitrogens is 2. The largest absolute Gasteiger partial charge is 0.573 e. The van der Waals surface area contributed by atoms with Crippen molar-refractivity contribution in [1.29, 1.82) is 0 Å². The molecule has 0 saturated heterocycles. The number of hydrogen-bond acceptors (Lipinski definition) is 3. The highest BCUT2D eigenvalue weighted by Gasteiger charge is 2.34. The minimum absolute atomic E-state index is 0.0136. The van der Waals surface area contributed by atoms with E-state index in [9.17, 15) is 22.0 Å². The van der Waals surface area contributed by atoms with Crippen LogP contribution in [0.4, 0.5) is 26.3 Å². The van der Waals surface area contributed by atoms with Crippen LogP contribution >= 0.6 is 0 Å². The molecule has 0 radical (unpaired) electrons. The van der Waals surface area contributed by atoms with Gasteiger partial charge in [0.15, 0.2) is 17.5 Å². The number of aryl methyl sites for hydroxylation is 3. The van der Waals surface area contributed by atoms with Crippen LogP contribution in [-0.2, 0) is 19.3 Å². The second kappa shape index (κ2) is 12.5. The topological polar surface area (TPSA) is 35.0 Å². The molecular formula is C30H28F6N2O. The summed E-state index contributed by atoms with van der Waals surface area (Å²) in [6, 6.07) is 12.0. The van der Waals surface area contributed by atoms with Crippen LogP contribution in [0.1, 0.15) is 55.8 Å². The fraction of sp³-hybridized carbons (Fsp3) is 0.333. The molecule has 1 aromatic heterocycles. The van der Waals surface area contributed by atoms with E-state index in [2.05, 4.69) is 21.6 Å². The van der Waals surface area contributed by atoms with E-state index >= 15 is 4.39 Å². The summed E-state index contributed by atoms with van der Waals surface area (Å²) in [6.07, 6.45) is 3.34. The Balaban J connectivity index is 1.47. The highest BCUT2D eigenvalue weighted by atomic mass is 19.4. The zero-order valence-corrected chi connectivity index (χ0v) is 21.4. The Morgan fingerprint density at radius 3 is 2.26 bits per heavy atom. The van der Waals surface area contributed by atoms with Gasteiger partial charge in [-0.25, -0.2) is 23.1 Å². The van der Waals surface area contributed by atoms with E-state index in [-0.39, 0.29) is 18.4 Å². The summed E-state index contributed by atoms with van der Waals surface area (Å²) in [5, 5.41) is 1.02. The highest BCUT2D eigenvalue weighted by molar-refractivity contribution is 5.87. The van der Waals surface area contributed by atoms with Crippen LogP contribution in [0, 0.1) is 17.5 Å². The van der Waals surface area contributed by atoms with Gasteiger partial charge in [0.1, 0.15) is 5.82 Å². The lowest BCUT2D eigenvalue weighted by molar-refractivity contribution is -0.276. The van der Waals surface area contributed by atoms with Gasteiger partial charge in [-0.05, 0) is 66.5 Å². The molecule has 9 heteroatoms. The molecule has 0 aliphatic carbocycles. The molecule has 0 saturated carbocycles. The molecule has 39 heavy (non-hydrogen) atoms. The maximum Gasteiger partial charge on any atom is 0.573 e. The van der Waals surface area contributed by atoms with E-state index in [1.165, 1.54) is 19.3 Å². The number of nitrogens with zero attached hydrogens (tertiary/aromatic N) is 2. The maximum atomic E-state index is 15.3. The second-order valence-electron chi connectivity index (χ2n) is 9.45. The van der Waals surface area contributed by atoms with Crippen molar-refractivity contribution in [2.24, 2.45) is 0 Å². The van der Waals surface area contributed by atoms with Crippen molar-refractivity contribution in [3.8, 4) is 17.1 Å². The summed E-state index contributed by atoms with van der Waals surface area (Å²) < 4.78 is 83.8. The van der Waals surface area contributed by atoms with Gasteiger partial charge in [-0.1, -0.05) is 56.9 Å². The number of ether oxygens (including phenoxy) is 1. The number of unbranched alkanes of at least 4 members (excludes halogenated alkanes) is 4. The van der Waals surface area contributed by atoms with Gasteiger partial charge in [-0.3, -0.25) is 0 Å². The molecular weight excluding hydrogens is 518 g/mol. The van der Waals surface area contributed by atoms with Gasteiger partial charge in [-0.2, -0.15) is 0 Å². The van der Waals surface area contributed by atoms with Crippen LogP contribution in [0.2, 0.25) is 0 Å². The third-order valence-corrected chi connectivity index (χ3v) is 6.50. The lowest BCUT2D eigenvalue weighted by Crippen LogP contribution is -2.19. The molecule has 0 bridgehead atoms. The fourth-order valence-corrected chi connectivity index (χ4v) is 4.50. The van der Waals surface area contributed by atoms with Crippen molar-refractivity contribution in [1.82, 2.24) is 9.97 Å². The van der Waals surface area contributed by atoms with Gasteiger partial charge in [0, 0.05) is 22.8 Å². The van der Waals surface area contributed by atoms with E-state index in [1.807, 2.05) is 12.1 Å². The number of fused-ring (bicyclic) bond motifs is 1. The monoisotopic (exact) mass is 546 g/mol. The standard InChI is InChI=1S/C30H28F6N2O/c1-2-3-4-5-6-7-23-14-15-37-29(38-23)22-12-13-24-21(18-22)11-10-20(27(24)33)9-8-19-16-25(31)28(26(32)17-19)39-30(34,35)36/h10-18H,2-9H2,1H3. The summed E-state index contributed by atoms with van der Waals surface area (Å²) in [6.45, 7) is 2.18. The third kappa shape index (κ3) is 7.49. The maximum absolute atomic E-state index is 15.3. The Kier molecular flexibility index (Phi) is 9.09. The Bertz CT molecular complexity index is 1410. The smallest absolute Gasteiger partial charge is 0.399 e. The molecule has 0 N–H and O–H groups in total.